The smallest absolute Gasteiger partial charge is 0.191 e. The van der Waals surface area contributed by atoms with Crippen LogP contribution in [0, 0.1) is 5.82 Å². The van der Waals surface area contributed by atoms with Crippen LogP contribution >= 0.6 is 0 Å². The summed E-state index contributed by atoms with van der Waals surface area (Å²) in [6.07, 6.45) is 5.84. The Morgan fingerprint density at radius 3 is 2.80 bits per heavy atom. The summed E-state index contributed by atoms with van der Waals surface area (Å²) < 4.78 is 36.2. The van der Waals surface area contributed by atoms with Crippen LogP contribution in [0.2, 0.25) is 0 Å². The van der Waals surface area contributed by atoms with Crippen molar-refractivity contribution in [1.82, 2.24) is 20.5 Å². The molecule has 0 spiro atoms. The van der Waals surface area contributed by atoms with Crippen molar-refractivity contribution in [3.8, 4) is 0 Å². The molecular formula is C21H32FN5O2S. The molecule has 9 heteroatoms. The molecule has 166 valence electrons. The third-order valence-corrected chi connectivity index (χ3v) is 6.36. The first kappa shape index (κ1) is 22.6. The molecule has 1 aromatic carbocycles. The number of aromatic nitrogens is 1. The first-order valence-electron chi connectivity index (χ1n) is 10.5. The molecule has 0 radical (unpaired) electrons. The number of nitrogens with zero attached hydrogens (tertiary/aromatic N) is 2. The zero-order valence-corrected chi connectivity index (χ0v) is 18.6. The van der Waals surface area contributed by atoms with Crippen molar-refractivity contribution >= 4 is 26.7 Å². The molecule has 0 unspecified atom stereocenters. The Bertz CT molecular complexity index is 965. The molecule has 0 atom stereocenters. The molecule has 3 N–H and O–H groups in total. The highest BCUT2D eigenvalue weighted by Gasteiger charge is 2.20. The number of benzene rings is 1. The normalized spacial score (nSPS) is 16.8. The van der Waals surface area contributed by atoms with Crippen molar-refractivity contribution in [2.75, 3.05) is 44.7 Å². The number of nitrogens with one attached hydrogen (secondary N) is 3. The minimum atomic E-state index is -2.92. The van der Waals surface area contributed by atoms with Gasteiger partial charge in [-0.1, -0.05) is 0 Å². The van der Waals surface area contributed by atoms with Crippen molar-refractivity contribution in [1.29, 1.82) is 0 Å². The van der Waals surface area contributed by atoms with E-state index in [4.69, 9.17) is 4.99 Å². The van der Waals surface area contributed by atoms with Crippen LogP contribution in [-0.4, -0.2) is 75.0 Å². The fourth-order valence-corrected chi connectivity index (χ4v) is 4.34. The van der Waals surface area contributed by atoms with Gasteiger partial charge in [-0.3, -0.25) is 4.99 Å². The number of hydrogen-bond acceptors (Lipinski definition) is 4. The number of rotatable bonds is 8. The highest BCUT2D eigenvalue weighted by atomic mass is 32.2. The van der Waals surface area contributed by atoms with Crippen molar-refractivity contribution in [2.45, 2.75) is 32.2 Å². The maximum Gasteiger partial charge on any atom is 0.191 e. The van der Waals surface area contributed by atoms with Crippen LogP contribution in [0.15, 0.2) is 29.4 Å². The van der Waals surface area contributed by atoms with Gasteiger partial charge >= 0.3 is 0 Å². The summed E-state index contributed by atoms with van der Waals surface area (Å²) in [6.45, 7) is 5.78. The molecule has 2 heterocycles. The van der Waals surface area contributed by atoms with Crippen molar-refractivity contribution < 1.29 is 12.8 Å². The van der Waals surface area contributed by atoms with E-state index in [0.717, 1.165) is 61.3 Å². The van der Waals surface area contributed by atoms with Crippen LogP contribution in [-0.2, 0) is 16.3 Å². The molecule has 30 heavy (non-hydrogen) atoms. The second kappa shape index (κ2) is 10.3. The first-order valence-corrected chi connectivity index (χ1v) is 12.6. The zero-order chi connectivity index (χ0) is 21.6. The third-order valence-electron chi connectivity index (χ3n) is 5.43. The predicted molar refractivity (Wildman–Crippen MR) is 120 cm³/mol. The van der Waals surface area contributed by atoms with Gasteiger partial charge in [0.05, 0.1) is 5.75 Å². The zero-order valence-electron chi connectivity index (χ0n) is 17.7. The largest absolute Gasteiger partial charge is 0.361 e. The Morgan fingerprint density at radius 1 is 1.33 bits per heavy atom. The lowest BCUT2D eigenvalue weighted by Gasteiger charge is -2.32. The molecule has 3 rings (SSSR count). The van der Waals surface area contributed by atoms with Gasteiger partial charge in [-0.05, 0) is 49.9 Å². The van der Waals surface area contributed by atoms with Crippen molar-refractivity contribution in [3.05, 3.63) is 35.8 Å². The molecule has 1 aromatic heterocycles. The summed E-state index contributed by atoms with van der Waals surface area (Å²) in [5.74, 6) is 0.773. The Kier molecular flexibility index (Phi) is 7.71. The summed E-state index contributed by atoms with van der Waals surface area (Å²) >= 11 is 0. The minimum Gasteiger partial charge on any atom is -0.361 e. The van der Waals surface area contributed by atoms with Gasteiger partial charge in [-0.25, -0.2) is 12.8 Å². The summed E-state index contributed by atoms with van der Waals surface area (Å²) in [6, 6.07) is 5.09. The predicted octanol–water partition coefficient (Wildman–Crippen LogP) is 1.91. The summed E-state index contributed by atoms with van der Waals surface area (Å²) in [5.41, 5.74) is 1.99. The highest BCUT2D eigenvalue weighted by Crippen LogP contribution is 2.19. The second-order valence-electron chi connectivity index (χ2n) is 7.90. The Morgan fingerprint density at radius 2 is 2.10 bits per heavy atom. The monoisotopic (exact) mass is 437 g/mol. The first-order chi connectivity index (χ1) is 14.3. The van der Waals surface area contributed by atoms with E-state index in [1.807, 2.05) is 13.1 Å². The van der Waals surface area contributed by atoms with Gasteiger partial charge < -0.3 is 20.5 Å². The fraction of sp³-hybridized carbons (Fsp3) is 0.571. The number of halogens is 1. The SMILES string of the molecule is CCNC(=NCCc1c[nH]c2ccc(F)cc12)NC1CCN(CCS(C)(=O)=O)CC1. The van der Waals surface area contributed by atoms with Crippen LogP contribution in [0.1, 0.15) is 25.3 Å². The van der Waals surface area contributed by atoms with Gasteiger partial charge in [-0.15, -0.1) is 0 Å². The number of aliphatic imine (C=N–C) groups is 1. The number of guanidine groups is 1. The van der Waals surface area contributed by atoms with Gasteiger partial charge in [0.25, 0.3) is 0 Å². The quantitative estimate of drug-likeness (QED) is 0.434. The molecule has 1 aliphatic heterocycles. The van der Waals surface area contributed by atoms with Crippen LogP contribution < -0.4 is 10.6 Å². The number of aromatic amines is 1. The molecule has 1 fully saturated rings. The van der Waals surface area contributed by atoms with Gasteiger partial charge in [0, 0.05) is 62.1 Å². The van der Waals surface area contributed by atoms with E-state index in [0.29, 0.717) is 19.1 Å². The molecule has 7 nitrogen and oxygen atoms in total. The number of hydrogen-bond donors (Lipinski definition) is 3. The highest BCUT2D eigenvalue weighted by molar-refractivity contribution is 7.90. The van der Waals surface area contributed by atoms with E-state index >= 15 is 0 Å². The molecule has 1 aliphatic rings. The summed E-state index contributed by atoms with van der Waals surface area (Å²) in [4.78, 5) is 10.1. The van der Waals surface area contributed by atoms with E-state index in [1.165, 1.54) is 12.3 Å². The van der Waals surface area contributed by atoms with E-state index in [-0.39, 0.29) is 11.6 Å². The average Bonchev–Trinajstić information content (AvgIpc) is 3.09. The summed E-state index contributed by atoms with van der Waals surface area (Å²) in [5, 5.41) is 7.70. The second-order valence-corrected chi connectivity index (χ2v) is 10.2. The Hall–Kier alpha value is -2.13. The Balaban J connectivity index is 1.50. The lowest BCUT2D eigenvalue weighted by atomic mass is 10.1. The number of sulfone groups is 1. The fourth-order valence-electron chi connectivity index (χ4n) is 3.75. The Labute approximate surface area is 178 Å². The molecule has 1 saturated heterocycles. The molecule has 2 aromatic rings. The van der Waals surface area contributed by atoms with Gasteiger partial charge in [-0.2, -0.15) is 0 Å². The number of fused-ring (bicyclic) bond motifs is 1. The van der Waals surface area contributed by atoms with Gasteiger partial charge in [0.1, 0.15) is 15.7 Å². The summed E-state index contributed by atoms with van der Waals surface area (Å²) in [7, 11) is -2.92. The van der Waals surface area contributed by atoms with Crippen molar-refractivity contribution in [2.24, 2.45) is 4.99 Å². The number of likely N-dealkylation sites (tertiary alicyclic amines) is 1. The maximum atomic E-state index is 13.5. The number of H-pyrrole nitrogens is 1. The van der Waals surface area contributed by atoms with E-state index in [1.54, 1.807) is 12.1 Å². The van der Waals surface area contributed by atoms with Gasteiger partial charge in [0.15, 0.2) is 5.96 Å². The van der Waals surface area contributed by atoms with Crippen LogP contribution in [0.25, 0.3) is 10.9 Å². The number of piperidine rings is 1. The molecule has 0 saturated carbocycles. The molecule has 0 amide bonds. The minimum absolute atomic E-state index is 0.215. The topological polar surface area (TPSA) is 89.6 Å². The van der Waals surface area contributed by atoms with E-state index in [2.05, 4.69) is 20.5 Å². The molecule has 0 aliphatic carbocycles. The molecule has 0 bridgehead atoms. The van der Waals surface area contributed by atoms with E-state index < -0.39 is 9.84 Å². The van der Waals surface area contributed by atoms with Crippen LogP contribution in [0.3, 0.4) is 0 Å². The maximum absolute atomic E-state index is 13.5. The lowest BCUT2D eigenvalue weighted by Crippen LogP contribution is -2.49. The average molecular weight is 438 g/mol. The van der Waals surface area contributed by atoms with Crippen LogP contribution in [0.4, 0.5) is 4.39 Å². The van der Waals surface area contributed by atoms with Gasteiger partial charge in [0.2, 0.25) is 0 Å². The standard InChI is InChI=1S/C21H32FN5O2S/c1-3-23-21(26-18-7-10-27(11-8-18)12-13-30(2,28)29)24-9-6-16-15-25-20-5-4-17(22)14-19(16)20/h4-5,14-15,18,25H,3,6-13H2,1-2H3,(H2,23,24,26). The van der Waals surface area contributed by atoms with Crippen molar-refractivity contribution in [3.63, 3.8) is 0 Å². The van der Waals surface area contributed by atoms with Crippen LogP contribution in [0.5, 0.6) is 0 Å². The molecular weight excluding hydrogens is 405 g/mol. The lowest BCUT2D eigenvalue weighted by molar-refractivity contribution is 0.216. The third kappa shape index (κ3) is 6.70. The van der Waals surface area contributed by atoms with E-state index in [9.17, 15) is 12.8 Å².